The molecule has 112 valence electrons. The van der Waals surface area contributed by atoms with E-state index in [4.69, 9.17) is 0 Å². The second-order valence-electron chi connectivity index (χ2n) is 5.44. The standard InChI is InChI=1S/C19H26N2/c1-4-5-15-21(18-9-7-6-8-10-18)19-13-11-17(12-14-19)16(2)20-3/h6-14,16,20H,4-5,15H2,1-3H3. The zero-order valence-electron chi connectivity index (χ0n) is 13.3. The topological polar surface area (TPSA) is 15.3 Å². The zero-order chi connectivity index (χ0) is 15.1. The summed E-state index contributed by atoms with van der Waals surface area (Å²) in [7, 11) is 2.00. The Morgan fingerprint density at radius 3 is 2.14 bits per heavy atom. The van der Waals surface area contributed by atoms with Crippen LogP contribution in [-0.2, 0) is 0 Å². The number of hydrogen-bond acceptors (Lipinski definition) is 2. The Balaban J connectivity index is 2.24. The Morgan fingerprint density at radius 2 is 1.57 bits per heavy atom. The van der Waals surface area contributed by atoms with Gasteiger partial charge in [0.15, 0.2) is 0 Å². The van der Waals surface area contributed by atoms with Crippen molar-refractivity contribution in [2.24, 2.45) is 0 Å². The van der Waals surface area contributed by atoms with Crippen molar-refractivity contribution in [3.63, 3.8) is 0 Å². The average molecular weight is 282 g/mol. The first kappa shape index (κ1) is 15.6. The van der Waals surface area contributed by atoms with Crippen molar-refractivity contribution in [2.75, 3.05) is 18.5 Å². The van der Waals surface area contributed by atoms with E-state index in [-0.39, 0.29) is 0 Å². The Morgan fingerprint density at radius 1 is 0.952 bits per heavy atom. The largest absolute Gasteiger partial charge is 0.341 e. The van der Waals surface area contributed by atoms with E-state index in [1.54, 1.807) is 0 Å². The first-order chi connectivity index (χ1) is 10.3. The van der Waals surface area contributed by atoms with Crippen LogP contribution in [0.25, 0.3) is 0 Å². The summed E-state index contributed by atoms with van der Waals surface area (Å²) >= 11 is 0. The summed E-state index contributed by atoms with van der Waals surface area (Å²) in [6.45, 7) is 5.48. The van der Waals surface area contributed by atoms with E-state index in [0.717, 1.165) is 6.54 Å². The Hall–Kier alpha value is -1.80. The maximum absolute atomic E-state index is 3.28. The summed E-state index contributed by atoms with van der Waals surface area (Å²) in [6, 6.07) is 19.9. The van der Waals surface area contributed by atoms with Crippen molar-refractivity contribution in [3.05, 3.63) is 60.2 Å². The lowest BCUT2D eigenvalue weighted by atomic mass is 10.1. The molecule has 2 heteroatoms. The lowest BCUT2D eigenvalue weighted by Gasteiger charge is -2.25. The molecule has 2 nitrogen and oxygen atoms in total. The lowest BCUT2D eigenvalue weighted by molar-refractivity contribution is 0.652. The van der Waals surface area contributed by atoms with E-state index < -0.39 is 0 Å². The van der Waals surface area contributed by atoms with Crippen molar-refractivity contribution in [2.45, 2.75) is 32.7 Å². The molecule has 1 unspecified atom stereocenters. The van der Waals surface area contributed by atoms with Gasteiger partial charge in [-0.05, 0) is 50.2 Å². The maximum Gasteiger partial charge on any atom is 0.0410 e. The predicted molar refractivity (Wildman–Crippen MR) is 92.3 cm³/mol. The molecule has 2 aromatic rings. The Kier molecular flexibility index (Phi) is 5.82. The summed E-state index contributed by atoms with van der Waals surface area (Å²) < 4.78 is 0. The molecule has 1 N–H and O–H groups in total. The zero-order valence-corrected chi connectivity index (χ0v) is 13.3. The minimum Gasteiger partial charge on any atom is -0.341 e. The highest BCUT2D eigenvalue weighted by Crippen LogP contribution is 2.27. The average Bonchev–Trinajstić information content (AvgIpc) is 2.56. The normalized spacial score (nSPS) is 12.1. The number of para-hydroxylation sites is 1. The molecule has 0 aliphatic heterocycles. The first-order valence-corrected chi connectivity index (χ1v) is 7.86. The van der Waals surface area contributed by atoms with Crippen molar-refractivity contribution in [1.82, 2.24) is 5.32 Å². The molecule has 0 amide bonds. The second-order valence-corrected chi connectivity index (χ2v) is 5.44. The number of rotatable bonds is 7. The van der Waals surface area contributed by atoms with Crippen molar-refractivity contribution < 1.29 is 0 Å². The second kappa shape index (κ2) is 7.84. The van der Waals surface area contributed by atoms with Gasteiger partial charge in [0.1, 0.15) is 0 Å². The third-order valence-corrected chi connectivity index (χ3v) is 3.94. The van der Waals surface area contributed by atoms with Gasteiger partial charge in [0.2, 0.25) is 0 Å². The van der Waals surface area contributed by atoms with E-state index in [2.05, 4.69) is 78.7 Å². The van der Waals surface area contributed by atoms with Crippen LogP contribution in [0.1, 0.15) is 38.3 Å². The van der Waals surface area contributed by atoms with Gasteiger partial charge in [0, 0.05) is 24.0 Å². The number of unbranched alkanes of at least 4 members (excludes halogenated alkanes) is 1. The SMILES string of the molecule is CCCCN(c1ccccc1)c1ccc(C(C)NC)cc1. The first-order valence-electron chi connectivity index (χ1n) is 7.86. The maximum atomic E-state index is 3.28. The third kappa shape index (κ3) is 4.08. The highest BCUT2D eigenvalue weighted by Gasteiger charge is 2.09. The van der Waals surface area contributed by atoms with Gasteiger partial charge in [-0.1, -0.05) is 43.7 Å². The Labute approximate surface area is 128 Å². The summed E-state index contributed by atoms with van der Waals surface area (Å²) in [5.74, 6) is 0. The van der Waals surface area contributed by atoms with Crippen LogP contribution in [0.5, 0.6) is 0 Å². The molecule has 2 aromatic carbocycles. The molecule has 21 heavy (non-hydrogen) atoms. The predicted octanol–water partition coefficient (Wildman–Crippen LogP) is 4.91. The molecular formula is C19H26N2. The van der Waals surface area contributed by atoms with E-state index in [9.17, 15) is 0 Å². The fourth-order valence-corrected chi connectivity index (χ4v) is 2.44. The van der Waals surface area contributed by atoms with Gasteiger partial charge in [-0.15, -0.1) is 0 Å². The van der Waals surface area contributed by atoms with Crippen LogP contribution in [0.2, 0.25) is 0 Å². The smallest absolute Gasteiger partial charge is 0.0410 e. The van der Waals surface area contributed by atoms with Crippen LogP contribution >= 0.6 is 0 Å². The van der Waals surface area contributed by atoms with Gasteiger partial charge < -0.3 is 10.2 Å². The van der Waals surface area contributed by atoms with E-state index >= 15 is 0 Å². The summed E-state index contributed by atoms with van der Waals surface area (Å²) in [4.78, 5) is 2.40. The summed E-state index contributed by atoms with van der Waals surface area (Å²) in [5.41, 5.74) is 3.85. The fraction of sp³-hybridized carbons (Fsp3) is 0.368. The number of hydrogen-bond donors (Lipinski definition) is 1. The minimum absolute atomic E-state index is 0.389. The molecule has 0 aliphatic rings. The van der Waals surface area contributed by atoms with Gasteiger partial charge in [-0.25, -0.2) is 0 Å². The molecule has 0 saturated carbocycles. The van der Waals surface area contributed by atoms with Crippen LogP contribution in [-0.4, -0.2) is 13.6 Å². The minimum atomic E-state index is 0.389. The van der Waals surface area contributed by atoms with Gasteiger partial charge in [-0.3, -0.25) is 0 Å². The summed E-state index contributed by atoms with van der Waals surface area (Å²) in [5, 5.41) is 3.28. The number of nitrogens with one attached hydrogen (secondary N) is 1. The van der Waals surface area contributed by atoms with E-state index in [1.807, 2.05) is 7.05 Å². The van der Waals surface area contributed by atoms with Gasteiger partial charge in [-0.2, -0.15) is 0 Å². The van der Waals surface area contributed by atoms with Crippen LogP contribution in [0, 0.1) is 0 Å². The molecule has 0 saturated heterocycles. The lowest BCUT2D eigenvalue weighted by Crippen LogP contribution is -2.18. The van der Waals surface area contributed by atoms with Crippen LogP contribution in [0.4, 0.5) is 11.4 Å². The van der Waals surface area contributed by atoms with Crippen LogP contribution < -0.4 is 10.2 Å². The molecule has 0 aliphatic carbocycles. The number of benzene rings is 2. The van der Waals surface area contributed by atoms with Crippen molar-refractivity contribution in [1.29, 1.82) is 0 Å². The molecular weight excluding hydrogens is 256 g/mol. The van der Waals surface area contributed by atoms with Gasteiger partial charge >= 0.3 is 0 Å². The van der Waals surface area contributed by atoms with Gasteiger partial charge in [0.05, 0.1) is 0 Å². The molecule has 0 heterocycles. The molecule has 0 aromatic heterocycles. The Bertz CT molecular complexity index is 519. The van der Waals surface area contributed by atoms with Gasteiger partial charge in [0.25, 0.3) is 0 Å². The van der Waals surface area contributed by atoms with Crippen LogP contribution in [0.15, 0.2) is 54.6 Å². The van der Waals surface area contributed by atoms with E-state index in [0.29, 0.717) is 6.04 Å². The summed E-state index contributed by atoms with van der Waals surface area (Å²) in [6.07, 6.45) is 2.40. The van der Waals surface area contributed by atoms with E-state index in [1.165, 1.54) is 29.8 Å². The van der Waals surface area contributed by atoms with Crippen LogP contribution in [0.3, 0.4) is 0 Å². The molecule has 1 atom stereocenters. The molecule has 0 spiro atoms. The molecule has 0 bridgehead atoms. The quantitative estimate of drug-likeness (QED) is 0.776. The molecule has 2 rings (SSSR count). The monoisotopic (exact) mass is 282 g/mol. The molecule has 0 radical (unpaired) electrons. The van der Waals surface area contributed by atoms with Crippen molar-refractivity contribution >= 4 is 11.4 Å². The third-order valence-electron chi connectivity index (χ3n) is 3.94. The molecule has 0 fully saturated rings. The van der Waals surface area contributed by atoms with Crippen molar-refractivity contribution in [3.8, 4) is 0 Å². The highest BCUT2D eigenvalue weighted by atomic mass is 15.1. The fourth-order valence-electron chi connectivity index (χ4n) is 2.44. The number of anilines is 2. The highest BCUT2D eigenvalue weighted by molar-refractivity contribution is 5.63. The number of nitrogens with zero attached hydrogens (tertiary/aromatic N) is 1.